The van der Waals surface area contributed by atoms with Crippen molar-refractivity contribution in [2.45, 2.75) is 95.7 Å². The molecule has 4 heterocycles. The van der Waals surface area contributed by atoms with E-state index in [0.717, 1.165) is 12.1 Å². The summed E-state index contributed by atoms with van der Waals surface area (Å²) in [6, 6.07) is 8.80. The van der Waals surface area contributed by atoms with Gasteiger partial charge in [-0.15, -0.1) is 0 Å². The molecule has 6 rings (SSSR count). The van der Waals surface area contributed by atoms with E-state index in [2.05, 4.69) is 5.32 Å². The number of pyridine rings is 1. The van der Waals surface area contributed by atoms with Crippen molar-refractivity contribution in [2.24, 2.45) is 5.92 Å². The van der Waals surface area contributed by atoms with Crippen molar-refractivity contribution >= 4 is 29.6 Å². The number of hydrogen-bond acceptors (Lipinski definition) is 11. The van der Waals surface area contributed by atoms with Crippen molar-refractivity contribution in [3.05, 3.63) is 80.8 Å². The second kappa shape index (κ2) is 18.2. The molecule has 5 atom stereocenters. The zero-order chi connectivity index (χ0) is 41.7. The summed E-state index contributed by atoms with van der Waals surface area (Å²) >= 11 is 0. The number of hydrogen-bond donors (Lipinski definition) is 3. The van der Waals surface area contributed by atoms with Gasteiger partial charge in [-0.1, -0.05) is 18.2 Å². The molecule has 3 aliphatic rings. The minimum absolute atomic E-state index is 0.00807. The van der Waals surface area contributed by atoms with Gasteiger partial charge in [-0.25, -0.2) is 4.79 Å². The van der Waals surface area contributed by atoms with Crippen LogP contribution in [0.5, 0.6) is 28.7 Å². The average Bonchev–Trinajstić information content (AvgIpc) is 3.19. The monoisotopic (exact) mass is 799 g/mol. The number of rotatable bonds is 9. The average molecular weight is 800 g/mol. The molecule has 3 aliphatic heterocycles. The van der Waals surface area contributed by atoms with E-state index < -0.39 is 41.4 Å². The Labute approximate surface area is 337 Å². The van der Waals surface area contributed by atoms with E-state index in [4.69, 9.17) is 18.9 Å². The van der Waals surface area contributed by atoms with Crippen LogP contribution in [0.1, 0.15) is 110 Å². The molecular weight excluding hydrogens is 746 g/mol. The van der Waals surface area contributed by atoms with E-state index in [0.29, 0.717) is 63.7 Å². The summed E-state index contributed by atoms with van der Waals surface area (Å²) in [7, 11) is 4.31. The van der Waals surface area contributed by atoms with E-state index in [1.807, 2.05) is 6.07 Å². The molecule has 2 unspecified atom stereocenters. The molecule has 2 bridgehead atoms. The lowest BCUT2D eigenvalue weighted by molar-refractivity contribution is -0.138. The summed E-state index contributed by atoms with van der Waals surface area (Å²) in [6.07, 6.45) is 6.17. The van der Waals surface area contributed by atoms with Crippen LogP contribution in [-0.4, -0.2) is 89.8 Å². The first-order valence-corrected chi connectivity index (χ1v) is 19.9. The van der Waals surface area contributed by atoms with Gasteiger partial charge in [0.1, 0.15) is 28.9 Å². The van der Waals surface area contributed by atoms with E-state index in [-0.39, 0.29) is 69.4 Å². The SMILES string of the molecule is COc1cc(C(CC(=O)NC(C)C(=O)N2C[C@H]3C[C@@H](C2)c2cccc(=O)n2C3)c2c(O)cc3c(c2O)C(=O)O[C@@H](C)CCCC(=O)CCC/C=C/3)cc(OC)c1OC. The highest BCUT2D eigenvalue weighted by Crippen LogP contribution is 2.48. The molecule has 0 aliphatic carbocycles. The number of carbonyl (C=O) groups excluding carboxylic acids is 4. The number of ether oxygens (including phenoxy) is 4. The van der Waals surface area contributed by atoms with Gasteiger partial charge in [0, 0.05) is 68.1 Å². The van der Waals surface area contributed by atoms with Crippen molar-refractivity contribution in [2.75, 3.05) is 34.4 Å². The highest BCUT2D eigenvalue weighted by atomic mass is 16.5. The van der Waals surface area contributed by atoms with E-state index in [9.17, 15) is 34.2 Å². The molecule has 14 heteroatoms. The van der Waals surface area contributed by atoms with Crippen molar-refractivity contribution in [1.29, 1.82) is 0 Å². The van der Waals surface area contributed by atoms with Gasteiger partial charge in [0.15, 0.2) is 11.5 Å². The minimum atomic E-state index is -1.11. The van der Waals surface area contributed by atoms with Crippen LogP contribution < -0.4 is 25.1 Å². The Morgan fingerprint density at radius 1 is 0.966 bits per heavy atom. The largest absolute Gasteiger partial charge is 0.507 e. The van der Waals surface area contributed by atoms with Gasteiger partial charge in [-0.3, -0.25) is 19.2 Å². The number of Topliss-reactive ketones (excluding diaryl/α,β-unsaturated/α-hetero) is 1. The number of fused-ring (bicyclic) bond motifs is 5. The number of aromatic nitrogens is 1. The zero-order valence-corrected chi connectivity index (χ0v) is 33.7. The lowest BCUT2D eigenvalue weighted by Crippen LogP contribution is -2.54. The highest BCUT2D eigenvalue weighted by molar-refractivity contribution is 5.98. The highest BCUT2D eigenvalue weighted by Gasteiger charge is 2.38. The molecule has 0 radical (unpaired) electrons. The number of aromatic hydroxyl groups is 2. The van der Waals surface area contributed by atoms with Crippen LogP contribution in [0.25, 0.3) is 6.08 Å². The van der Waals surface area contributed by atoms with Crippen molar-refractivity contribution < 1.29 is 48.3 Å². The molecule has 14 nitrogen and oxygen atoms in total. The third-order valence-electron chi connectivity index (χ3n) is 11.4. The van der Waals surface area contributed by atoms with Crippen molar-refractivity contribution in [3.63, 3.8) is 0 Å². The number of phenols is 2. The molecule has 310 valence electrons. The molecule has 2 amide bonds. The van der Waals surface area contributed by atoms with Gasteiger partial charge < -0.3 is 43.9 Å². The topological polar surface area (TPSA) is 183 Å². The molecule has 0 spiro atoms. The number of esters is 1. The molecule has 58 heavy (non-hydrogen) atoms. The summed E-state index contributed by atoms with van der Waals surface area (Å²) in [6.45, 7) is 4.69. The van der Waals surface area contributed by atoms with Crippen molar-refractivity contribution in [3.8, 4) is 28.7 Å². The summed E-state index contributed by atoms with van der Waals surface area (Å²) in [4.78, 5) is 68.4. The van der Waals surface area contributed by atoms with E-state index in [1.54, 1.807) is 59.7 Å². The van der Waals surface area contributed by atoms with Crippen LogP contribution in [0.2, 0.25) is 0 Å². The molecule has 3 aromatic rings. The van der Waals surface area contributed by atoms with Crippen LogP contribution in [-0.2, 0) is 25.7 Å². The standard InChI is InChI=1S/C44H53N3O11/c1-25-11-9-14-31(48)13-8-6-7-12-28-18-34(49)40(41(52)39(28)44(54)58-25)32(29-19-35(55-3)42(57-5)36(20-29)56-4)21-37(50)45-26(2)43(53)46-22-27-17-30(24-46)33-15-10-16-38(51)47(33)23-27/h7,10,12,15-16,18-20,25-27,30,32,49,52H,6,8-9,11,13-14,17,21-24H2,1-5H3,(H,45,50)/b12-7+/t25-,26?,27+,30-,32?/m0/s1. The number of nitrogens with one attached hydrogen (secondary N) is 1. The Kier molecular flexibility index (Phi) is 13.1. The number of phenolic OH excluding ortho intramolecular Hbond substituents is 2. The van der Waals surface area contributed by atoms with Crippen LogP contribution in [0.3, 0.4) is 0 Å². The number of benzene rings is 2. The van der Waals surface area contributed by atoms with E-state index >= 15 is 0 Å². The first kappa shape index (κ1) is 41.8. The lowest BCUT2D eigenvalue weighted by Gasteiger charge is -2.43. The molecule has 3 N–H and O–H groups in total. The fraction of sp³-hybridized carbons (Fsp3) is 0.477. The molecule has 1 fully saturated rings. The first-order chi connectivity index (χ1) is 27.8. The van der Waals surface area contributed by atoms with Gasteiger partial charge in [0.05, 0.1) is 27.4 Å². The van der Waals surface area contributed by atoms with Gasteiger partial charge in [0.2, 0.25) is 17.6 Å². The summed E-state index contributed by atoms with van der Waals surface area (Å²) in [5.74, 6) is -2.76. The van der Waals surface area contributed by atoms with Gasteiger partial charge in [-0.05, 0) is 87.3 Å². The van der Waals surface area contributed by atoms with Crippen LogP contribution >= 0.6 is 0 Å². The Hall–Kier alpha value is -5.79. The first-order valence-electron chi connectivity index (χ1n) is 19.9. The maximum absolute atomic E-state index is 14.1. The van der Waals surface area contributed by atoms with Crippen molar-refractivity contribution in [1.82, 2.24) is 14.8 Å². The molecule has 1 aromatic heterocycles. The second-order valence-corrected chi connectivity index (χ2v) is 15.5. The number of allylic oxidation sites excluding steroid dienone is 1. The lowest BCUT2D eigenvalue weighted by atomic mass is 9.83. The maximum atomic E-state index is 14.1. The van der Waals surface area contributed by atoms with E-state index in [1.165, 1.54) is 27.4 Å². The number of cyclic esters (lactones) is 1. The fourth-order valence-corrected chi connectivity index (χ4v) is 8.61. The molecular formula is C44H53N3O11. The van der Waals surface area contributed by atoms with Crippen LogP contribution in [0, 0.1) is 5.92 Å². The summed E-state index contributed by atoms with van der Waals surface area (Å²) in [5.41, 5.74) is 1.10. The smallest absolute Gasteiger partial charge is 0.342 e. The number of methoxy groups -OCH3 is 3. The quantitative estimate of drug-likeness (QED) is 0.235. The minimum Gasteiger partial charge on any atom is -0.507 e. The Morgan fingerprint density at radius 2 is 1.69 bits per heavy atom. The summed E-state index contributed by atoms with van der Waals surface area (Å²) < 4.78 is 24.3. The number of amides is 2. The third kappa shape index (κ3) is 9.00. The predicted octanol–water partition coefficient (Wildman–Crippen LogP) is 5.44. The number of piperidine rings is 1. The van der Waals surface area contributed by atoms with Crippen LogP contribution in [0.4, 0.5) is 0 Å². The van der Waals surface area contributed by atoms with Gasteiger partial charge in [0.25, 0.3) is 5.56 Å². The normalized spacial score (nSPS) is 21.3. The number of nitrogens with zero attached hydrogens (tertiary/aromatic N) is 2. The number of likely N-dealkylation sites (tertiary alicyclic amines) is 1. The Morgan fingerprint density at radius 3 is 2.40 bits per heavy atom. The Bertz CT molecular complexity index is 2120. The summed E-state index contributed by atoms with van der Waals surface area (Å²) in [5, 5.41) is 26.6. The Balaban J connectivity index is 1.34. The molecule has 0 saturated carbocycles. The van der Waals surface area contributed by atoms with Gasteiger partial charge >= 0.3 is 5.97 Å². The van der Waals surface area contributed by atoms with Crippen LogP contribution in [0.15, 0.2) is 47.3 Å². The zero-order valence-electron chi connectivity index (χ0n) is 33.7. The number of carbonyl (C=O) groups is 4. The molecule has 1 saturated heterocycles. The number of ketones is 1. The van der Waals surface area contributed by atoms with Gasteiger partial charge in [-0.2, -0.15) is 0 Å². The second-order valence-electron chi connectivity index (χ2n) is 15.5. The predicted molar refractivity (Wildman–Crippen MR) is 215 cm³/mol. The fourth-order valence-electron chi connectivity index (χ4n) is 8.61. The molecule has 2 aromatic carbocycles. The third-order valence-corrected chi connectivity index (χ3v) is 11.4. The maximum Gasteiger partial charge on any atom is 0.342 e.